The lowest BCUT2D eigenvalue weighted by Crippen LogP contribution is -2.61. The van der Waals surface area contributed by atoms with Gasteiger partial charge in [-0.2, -0.15) is 13.2 Å². The Labute approximate surface area is 185 Å². The fourth-order valence-electron chi connectivity index (χ4n) is 3.56. The molecule has 2 unspecified atom stereocenters. The van der Waals surface area contributed by atoms with E-state index in [-0.39, 0.29) is 23.9 Å². The highest BCUT2D eigenvalue weighted by Crippen LogP contribution is 2.34. The second kappa shape index (κ2) is 10.6. The first kappa shape index (κ1) is 25.3. The van der Waals surface area contributed by atoms with Crippen molar-refractivity contribution in [2.45, 2.75) is 46.0 Å². The highest BCUT2D eigenvalue weighted by molar-refractivity contribution is 5.94. The van der Waals surface area contributed by atoms with Crippen LogP contribution < -0.4 is 16.0 Å². The van der Waals surface area contributed by atoms with E-state index in [9.17, 15) is 27.6 Å². The van der Waals surface area contributed by atoms with Crippen molar-refractivity contribution in [2.75, 3.05) is 31.5 Å². The average molecular weight is 457 g/mol. The minimum Gasteiger partial charge on any atom is -0.338 e. The summed E-state index contributed by atoms with van der Waals surface area (Å²) in [7, 11) is 0. The number of amides is 5. The molecule has 1 aromatic carbocycles. The number of para-hydroxylation sites is 1. The van der Waals surface area contributed by atoms with Gasteiger partial charge in [0.15, 0.2) is 0 Å². The fourth-order valence-corrected chi connectivity index (χ4v) is 3.56. The number of carbonyl (C=O) groups is 3. The third-order valence-corrected chi connectivity index (χ3v) is 5.23. The quantitative estimate of drug-likeness (QED) is 0.634. The van der Waals surface area contributed by atoms with E-state index < -0.39 is 29.5 Å². The van der Waals surface area contributed by atoms with Crippen LogP contribution in [0.15, 0.2) is 24.3 Å². The normalized spacial score (nSPS) is 17.7. The van der Waals surface area contributed by atoms with E-state index in [4.69, 9.17) is 0 Å². The molecule has 1 heterocycles. The SMILES string of the molecule is CCNC(=O)N1CCN(C(=O)C(NC(=O)Nc2ccccc2C(F)(F)F)C(C)C)CC1C. The molecule has 1 aromatic rings. The fraction of sp³-hybridized carbons (Fsp3) is 0.571. The number of urea groups is 2. The summed E-state index contributed by atoms with van der Waals surface area (Å²) in [6.07, 6.45) is -4.63. The van der Waals surface area contributed by atoms with Gasteiger partial charge in [0.05, 0.1) is 11.3 Å². The number of piperazine rings is 1. The average Bonchev–Trinajstić information content (AvgIpc) is 2.71. The first-order chi connectivity index (χ1) is 15.0. The monoisotopic (exact) mass is 457 g/mol. The van der Waals surface area contributed by atoms with Crippen molar-refractivity contribution in [1.82, 2.24) is 20.4 Å². The molecule has 32 heavy (non-hydrogen) atoms. The second-order valence-corrected chi connectivity index (χ2v) is 8.03. The van der Waals surface area contributed by atoms with Crippen LogP contribution in [0.4, 0.5) is 28.4 Å². The third kappa shape index (κ3) is 6.27. The van der Waals surface area contributed by atoms with Crippen molar-refractivity contribution in [3.8, 4) is 0 Å². The summed E-state index contributed by atoms with van der Waals surface area (Å²) in [5.74, 6) is -0.649. The predicted molar refractivity (Wildman–Crippen MR) is 114 cm³/mol. The predicted octanol–water partition coefficient (Wildman–Crippen LogP) is 3.11. The van der Waals surface area contributed by atoms with Crippen LogP contribution in [0.5, 0.6) is 0 Å². The highest BCUT2D eigenvalue weighted by atomic mass is 19.4. The van der Waals surface area contributed by atoms with E-state index in [2.05, 4.69) is 16.0 Å². The van der Waals surface area contributed by atoms with E-state index in [1.165, 1.54) is 12.1 Å². The molecule has 3 N–H and O–H groups in total. The van der Waals surface area contributed by atoms with Gasteiger partial charge in [-0.1, -0.05) is 26.0 Å². The number of halogens is 3. The van der Waals surface area contributed by atoms with Gasteiger partial charge in [-0.05, 0) is 31.9 Å². The Balaban J connectivity index is 2.06. The summed E-state index contributed by atoms with van der Waals surface area (Å²) in [6.45, 7) is 8.54. The lowest BCUT2D eigenvalue weighted by Gasteiger charge is -2.41. The van der Waals surface area contributed by atoms with Crippen LogP contribution in [0.2, 0.25) is 0 Å². The number of alkyl halides is 3. The van der Waals surface area contributed by atoms with E-state index in [0.29, 0.717) is 26.2 Å². The van der Waals surface area contributed by atoms with Crippen molar-refractivity contribution in [3.63, 3.8) is 0 Å². The molecule has 1 saturated heterocycles. The van der Waals surface area contributed by atoms with Gasteiger partial charge >= 0.3 is 18.2 Å². The molecule has 1 aliphatic rings. The highest BCUT2D eigenvalue weighted by Gasteiger charge is 2.36. The van der Waals surface area contributed by atoms with Crippen LogP contribution in [0.1, 0.15) is 33.3 Å². The molecule has 0 saturated carbocycles. The largest absolute Gasteiger partial charge is 0.418 e. The molecule has 1 aliphatic heterocycles. The van der Waals surface area contributed by atoms with Gasteiger partial charge in [-0.3, -0.25) is 4.79 Å². The van der Waals surface area contributed by atoms with Crippen LogP contribution in [-0.2, 0) is 11.0 Å². The molecule has 5 amide bonds. The van der Waals surface area contributed by atoms with Crippen LogP contribution >= 0.6 is 0 Å². The molecule has 0 spiro atoms. The van der Waals surface area contributed by atoms with Crippen molar-refractivity contribution < 1.29 is 27.6 Å². The molecule has 0 radical (unpaired) electrons. The minimum atomic E-state index is -4.63. The lowest BCUT2D eigenvalue weighted by molar-refractivity contribution is -0.137. The Bertz CT molecular complexity index is 831. The summed E-state index contributed by atoms with van der Waals surface area (Å²) in [6, 6.07) is 2.37. The van der Waals surface area contributed by atoms with Crippen LogP contribution in [0.3, 0.4) is 0 Å². The molecule has 11 heteroatoms. The number of benzene rings is 1. The number of anilines is 1. The summed E-state index contributed by atoms with van der Waals surface area (Å²) in [4.78, 5) is 40.9. The van der Waals surface area contributed by atoms with Crippen molar-refractivity contribution >= 4 is 23.7 Å². The number of hydrogen-bond acceptors (Lipinski definition) is 3. The second-order valence-electron chi connectivity index (χ2n) is 8.03. The first-order valence-electron chi connectivity index (χ1n) is 10.5. The van der Waals surface area contributed by atoms with E-state index in [0.717, 1.165) is 12.1 Å². The van der Waals surface area contributed by atoms with Crippen LogP contribution in [-0.4, -0.2) is 66.0 Å². The number of rotatable bonds is 5. The summed E-state index contributed by atoms with van der Waals surface area (Å²) >= 11 is 0. The van der Waals surface area contributed by atoms with Gasteiger partial charge < -0.3 is 25.8 Å². The van der Waals surface area contributed by atoms with Crippen molar-refractivity contribution in [2.24, 2.45) is 5.92 Å². The van der Waals surface area contributed by atoms with Crippen LogP contribution in [0.25, 0.3) is 0 Å². The third-order valence-electron chi connectivity index (χ3n) is 5.23. The standard InChI is InChI=1S/C21H30F3N5O3/c1-5-25-20(32)29-11-10-28(12-14(29)4)18(30)17(13(2)3)27-19(31)26-16-9-7-6-8-15(16)21(22,23)24/h6-9,13-14,17H,5,10-12H2,1-4H3,(H,25,32)(H2,26,27,31). The molecule has 8 nitrogen and oxygen atoms in total. The van der Waals surface area contributed by atoms with Gasteiger partial charge in [-0.25, -0.2) is 9.59 Å². The van der Waals surface area contributed by atoms with Crippen LogP contribution in [0, 0.1) is 5.92 Å². The Morgan fingerprint density at radius 3 is 2.38 bits per heavy atom. The van der Waals surface area contributed by atoms with Crippen molar-refractivity contribution in [1.29, 1.82) is 0 Å². The van der Waals surface area contributed by atoms with E-state index in [1.807, 2.05) is 13.8 Å². The van der Waals surface area contributed by atoms with E-state index in [1.54, 1.807) is 23.6 Å². The Hall–Kier alpha value is -2.98. The van der Waals surface area contributed by atoms with Gasteiger partial charge in [-0.15, -0.1) is 0 Å². The minimum absolute atomic E-state index is 0.201. The molecule has 2 atom stereocenters. The number of hydrogen-bond donors (Lipinski definition) is 3. The van der Waals surface area contributed by atoms with E-state index >= 15 is 0 Å². The maximum Gasteiger partial charge on any atom is 0.418 e. The smallest absolute Gasteiger partial charge is 0.338 e. The number of carbonyl (C=O) groups excluding carboxylic acids is 3. The maximum atomic E-state index is 13.2. The molecule has 2 rings (SSSR count). The van der Waals surface area contributed by atoms with Gasteiger partial charge in [0.25, 0.3) is 0 Å². The zero-order chi connectivity index (χ0) is 24.1. The molecule has 0 bridgehead atoms. The summed E-state index contributed by atoms with van der Waals surface area (Å²) in [5, 5.41) is 7.44. The first-order valence-corrected chi connectivity index (χ1v) is 10.5. The zero-order valence-electron chi connectivity index (χ0n) is 18.6. The number of nitrogens with one attached hydrogen (secondary N) is 3. The van der Waals surface area contributed by atoms with Gasteiger partial charge in [0.2, 0.25) is 5.91 Å². The van der Waals surface area contributed by atoms with Crippen molar-refractivity contribution in [3.05, 3.63) is 29.8 Å². The van der Waals surface area contributed by atoms with Gasteiger partial charge in [0.1, 0.15) is 6.04 Å². The topological polar surface area (TPSA) is 93.8 Å². The molecule has 0 aliphatic carbocycles. The summed E-state index contributed by atoms with van der Waals surface area (Å²) < 4.78 is 39.5. The Morgan fingerprint density at radius 2 is 1.81 bits per heavy atom. The molecule has 0 aromatic heterocycles. The Kier molecular flexibility index (Phi) is 8.34. The summed E-state index contributed by atoms with van der Waals surface area (Å²) in [5.41, 5.74) is -1.37. The zero-order valence-corrected chi connectivity index (χ0v) is 18.6. The maximum absolute atomic E-state index is 13.2. The van der Waals surface area contributed by atoms with Gasteiger partial charge in [0, 0.05) is 32.2 Å². The Morgan fingerprint density at radius 1 is 1.16 bits per heavy atom. The molecular formula is C21H30F3N5O3. The lowest BCUT2D eigenvalue weighted by atomic mass is 10.0. The molecule has 1 fully saturated rings. The molecule has 178 valence electrons. The number of nitrogens with zero attached hydrogens (tertiary/aromatic N) is 2. The molecular weight excluding hydrogens is 427 g/mol.